The van der Waals surface area contributed by atoms with E-state index in [1.807, 2.05) is 0 Å². The molecule has 0 aromatic heterocycles. The molecule has 0 radical (unpaired) electrons. The maximum absolute atomic E-state index is 12.2. The van der Waals surface area contributed by atoms with Gasteiger partial charge in [-0.15, -0.1) is 0 Å². The van der Waals surface area contributed by atoms with Crippen LogP contribution in [0.3, 0.4) is 0 Å². The van der Waals surface area contributed by atoms with Gasteiger partial charge in [-0.3, -0.25) is 10.1 Å². The molecule has 1 aromatic carbocycles. The van der Waals surface area contributed by atoms with Gasteiger partial charge in [0, 0.05) is 16.6 Å². The molecule has 0 aliphatic heterocycles. The second kappa shape index (κ2) is 5.55. The van der Waals surface area contributed by atoms with E-state index >= 15 is 0 Å². The van der Waals surface area contributed by atoms with Crippen LogP contribution in [0.25, 0.3) is 0 Å². The van der Waals surface area contributed by atoms with Crippen LogP contribution < -0.4 is 5.32 Å². The highest BCUT2D eigenvalue weighted by molar-refractivity contribution is 9.10. The normalized spacial score (nSPS) is 13.2. The third-order valence-electron chi connectivity index (χ3n) is 2.09. The monoisotopic (exact) mass is 326 g/mol. The van der Waals surface area contributed by atoms with Crippen LogP contribution in [-0.2, 0) is 0 Å². The quantitative estimate of drug-likeness (QED) is 0.669. The number of nitro benzene ring substituents is 1. The fourth-order valence-electron chi connectivity index (χ4n) is 1.45. The molecule has 4 nitrogen and oxygen atoms in total. The van der Waals surface area contributed by atoms with Crippen LogP contribution in [0.15, 0.2) is 22.7 Å². The van der Waals surface area contributed by atoms with Gasteiger partial charge in [-0.25, -0.2) is 0 Å². The van der Waals surface area contributed by atoms with Gasteiger partial charge in [-0.1, -0.05) is 15.9 Å². The van der Waals surface area contributed by atoms with E-state index in [0.29, 0.717) is 4.47 Å². The van der Waals surface area contributed by atoms with Gasteiger partial charge >= 0.3 is 6.18 Å². The number of halogens is 4. The van der Waals surface area contributed by atoms with E-state index in [1.165, 1.54) is 25.1 Å². The molecule has 0 aliphatic carbocycles. The molecule has 1 N–H and O–H groups in total. The fourth-order valence-corrected chi connectivity index (χ4v) is 1.81. The number of hydrogen-bond acceptors (Lipinski definition) is 3. The Morgan fingerprint density at radius 2 is 2.11 bits per heavy atom. The largest absolute Gasteiger partial charge is 0.391 e. The van der Waals surface area contributed by atoms with Crippen molar-refractivity contribution in [3.63, 3.8) is 0 Å². The van der Waals surface area contributed by atoms with Gasteiger partial charge in [0.1, 0.15) is 5.69 Å². The molecular weight excluding hydrogens is 317 g/mol. The Morgan fingerprint density at radius 3 is 2.61 bits per heavy atom. The van der Waals surface area contributed by atoms with Gasteiger partial charge in [-0.2, -0.15) is 13.2 Å². The standard InChI is InChI=1S/C10H10BrF3N2O2/c1-6(5-10(12,13)14)15-8-4-7(11)2-3-9(8)16(17)18/h2-4,6,15H,5H2,1H3. The molecule has 0 spiro atoms. The summed E-state index contributed by atoms with van der Waals surface area (Å²) in [7, 11) is 0. The Morgan fingerprint density at radius 1 is 1.50 bits per heavy atom. The van der Waals surface area contributed by atoms with E-state index < -0.39 is 23.6 Å². The third-order valence-corrected chi connectivity index (χ3v) is 2.59. The summed E-state index contributed by atoms with van der Waals surface area (Å²) < 4.78 is 37.0. The van der Waals surface area contributed by atoms with Crippen molar-refractivity contribution in [3.05, 3.63) is 32.8 Å². The first kappa shape index (κ1) is 14.7. The highest BCUT2D eigenvalue weighted by atomic mass is 79.9. The molecule has 0 saturated heterocycles. The first-order chi connectivity index (χ1) is 8.19. The number of nitrogens with zero attached hydrogens (tertiary/aromatic N) is 1. The average molecular weight is 327 g/mol. The Hall–Kier alpha value is -1.31. The number of nitro groups is 1. The van der Waals surface area contributed by atoms with Crippen molar-refractivity contribution in [1.82, 2.24) is 0 Å². The Labute approximate surface area is 109 Å². The van der Waals surface area contributed by atoms with Gasteiger partial charge in [0.15, 0.2) is 0 Å². The van der Waals surface area contributed by atoms with Crippen molar-refractivity contribution in [2.75, 3.05) is 5.32 Å². The second-order valence-electron chi connectivity index (χ2n) is 3.78. The van der Waals surface area contributed by atoms with E-state index in [1.54, 1.807) is 0 Å². The van der Waals surface area contributed by atoms with Gasteiger partial charge in [-0.05, 0) is 19.1 Å². The lowest BCUT2D eigenvalue weighted by molar-refractivity contribution is -0.384. The number of rotatable bonds is 4. The van der Waals surface area contributed by atoms with Crippen molar-refractivity contribution in [3.8, 4) is 0 Å². The first-order valence-electron chi connectivity index (χ1n) is 4.96. The van der Waals surface area contributed by atoms with Crippen LogP contribution in [0.5, 0.6) is 0 Å². The van der Waals surface area contributed by atoms with E-state index in [9.17, 15) is 23.3 Å². The predicted molar refractivity (Wildman–Crippen MR) is 64.6 cm³/mol. The van der Waals surface area contributed by atoms with E-state index in [0.717, 1.165) is 0 Å². The van der Waals surface area contributed by atoms with Gasteiger partial charge in [0.2, 0.25) is 0 Å². The van der Waals surface area contributed by atoms with Crippen LogP contribution >= 0.6 is 15.9 Å². The predicted octanol–water partition coefficient (Wildman–Crippen LogP) is 4.11. The fraction of sp³-hybridized carbons (Fsp3) is 0.400. The molecule has 1 rings (SSSR count). The summed E-state index contributed by atoms with van der Waals surface area (Å²) in [5.41, 5.74) is -0.196. The first-order valence-corrected chi connectivity index (χ1v) is 5.75. The van der Waals surface area contributed by atoms with Crippen LogP contribution in [0.4, 0.5) is 24.5 Å². The second-order valence-corrected chi connectivity index (χ2v) is 4.70. The van der Waals surface area contributed by atoms with Gasteiger partial charge < -0.3 is 5.32 Å². The van der Waals surface area contributed by atoms with Gasteiger partial charge in [0.25, 0.3) is 5.69 Å². The number of benzene rings is 1. The summed E-state index contributed by atoms with van der Waals surface area (Å²) >= 11 is 3.11. The molecule has 100 valence electrons. The number of anilines is 1. The topological polar surface area (TPSA) is 55.2 Å². The molecule has 8 heteroatoms. The molecule has 0 bridgehead atoms. The number of hydrogen-bond donors (Lipinski definition) is 1. The Bertz CT molecular complexity index is 451. The molecule has 0 heterocycles. The zero-order chi connectivity index (χ0) is 13.9. The van der Waals surface area contributed by atoms with Crippen LogP contribution in [0.2, 0.25) is 0 Å². The van der Waals surface area contributed by atoms with Gasteiger partial charge in [0.05, 0.1) is 11.3 Å². The van der Waals surface area contributed by atoms with Crippen molar-refractivity contribution >= 4 is 27.3 Å². The third kappa shape index (κ3) is 4.52. The summed E-state index contributed by atoms with van der Waals surface area (Å²) in [6.45, 7) is 1.32. The number of alkyl halides is 3. The molecular formula is C10H10BrF3N2O2. The lowest BCUT2D eigenvalue weighted by Gasteiger charge is -2.17. The zero-order valence-corrected chi connectivity index (χ0v) is 10.9. The highest BCUT2D eigenvalue weighted by Gasteiger charge is 2.30. The maximum Gasteiger partial charge on any atom is 0.391 e. The molecule has 0 amide bonds. The molecule has 0 aliphatic rings. The minimum Gasteiger partial charge on any atom is -0.377 e. The zero-order valence-electron chi connectivity index (χ0n) is 9.29. The lowest BCUT2D eigenvalue weighted by Crippen LogP contribution is -2.24. The van der Waals surface area contributed by atoms with Crippen LogP contribution in [-0.4, -0.2) is 17.1 Å². The smallest absolute Gasteiger partial charge is 0.377 e. The van der Waals surface area contributed by atoms with E-state index in [2.05, 4.69) is 21.2 Å². The number of nitrogens with one attached hydrogen (secondary N) is 1. The van der Waals surface area contributed by atoms with Crippen molar-refractivity contribution < 1.29 is 18.1 Å². The van der Waals surface area contributed by atoms with Crippen molar-refractivity contribution in [2.45, 2.75) is 25.6 Å². The maximum atomic E-state index is 12.2. The molecule has 18 heavy (non-hydrogen) atoms. The summed E-state index contributed by atoms with van der Waals surface area (Å²) in [4.78, 5) is 10.1. The highest BCUT2D eigenvalue weighted by Crippen LogP contribution is 2.30. The van der Waals surface area contributed by atoms with E-state index in [4.69, 9.17) is 0 Å². The molecule has 1 unspecified atom stereocenters. The Balaban J connectivity index is 2.89. The SMILES string of the molecule is CC(CC(F)(F)F)Nc1cc(Br)ccc1[N+](=O)[O-]. The van der Waals surface area contributed by atoms with Crippen molar-refractivity contribution in [2.24, 2.45) is 0 Å². The summed E-state index contributed by atoms with van der Waals surface area (Å²) in [5, 5.41) is 13.2. The Kier molecular flexibility index (Phi) is 4.55. The minimum atomic E-state index is -4.31. The average Bonchev–Trinajstić information content (AvgIpc) is 2.13. The summed E-state index contributed by atoms with van der Waals surface area (Å²) in [6.07, 6.45) is -5.37. The van der Waals surface area contributed by atoms with Crippen molar-refractivity contribution in [1.29, 1.82) is 0 Å². The van der Waals surface area contributed by atoms with E-state index in [-0.39, 0.29) is 11.4 Å². The summed E-state index contributed by atoms with van der Waals surface area (Å²) in [5.74, 6) is 0. The lowest BCUT2D eigenvalue weighted by atomic mass is 10.2. The summed E-state index contributed by atoms with van der Waals surface area (Å²) in [6, 6.07) is 3.12. The van der Waals surface area contributed by atoms with Crippen LogP contribution in [0, 0.1) is 10.1 Å². The molecule has 1 atom stereocenters. The minimum absolute atomic E-state index is 0.0612. The molecule has 0 fully saturated rings. The molecule has 0 saturated carbocycles. The van der Waals surface area contributed by atoms with Crippen LogP contribution in [0.1, 0.15) is 13.3 Å². The molecule has 1 aromatic rings.